The number of nitro benzene ring substituents is 1. The molecule has 0 aliphatic carbocycles. The largest absolute Gasteiger partial charge is 0.382 e. The molecule has 1 heterocycles. The Kier molecular flexibility index (Phi) is 4.84. The summed E-state index contributed by atoms with van der Waals surface area (Å²) in [5.41, 5.74) is 2.68. The van der Waals surface area contributed by atoms with Crippen molar-refractivity contribution in [3.8, 4) is 0 Å². The maximum atomic E-state index is 11.1. The van der Waals surface area contributed by atoms with Crippen molar-refractivity contribution in [3.05, 3.63) is 64.0 Å². The summed E-state index contributed by atoms with van der Waals surface area (Å²) in [6.45, 7) is 1.35. The molecule has 0 fully saturated rings. The Balaban J connectivity index is 2.15. The maximum Gasteiger partial charge on any atom is 0.292 e. The van der Waals surface area contributed by atoms with Crippen molar-refractivity contribution < 1.29 is 4.92 Å². The van der Waals surface area contributed by atoms with Gasteiger partial charge in [-0.05, 0) is 24.2 Å². The zero-order valence-corrected chi connectivity index (χ0v) is 12.1. The quantitative estimate of drug-likeness (QED) is 0.653. The Hall–Kier alpha value is -2.47. The van der Waals surface area contributed by atoms with Crippen LogP contribution in [0.15, 0.2) is 42.7 Å². The molecule has 0 unspecified atom stereocenters. The zero-order valence-electron chi connectivity index (χ0n) is 12.1. The van der Waals surface area contributed by atoms with E-state index in [4.69, 9.17) is 0 Å². The van der Waals surface area contributed by atoms with Crippen LogP contribution >= 0.6 is 0 Å². The van der Waals surface area contributed by atoms with Gasteiger partial charge < -0.3 is 5.32 Å². The van der Waals surface area contributed by atoms with Gasteiger partial charge in [0, 0.05) is 38.6 Å². The average molecular weight is 286 g/mol. The first-order chi connectivity index (χ1) is 10.1. The molecule has 0 bridgehead atoms. The van der Waals surface area contributed by atoms with Gasteiger partial charge in [-0.15, -0.1) is 0 Å². The first-order valence-electron chi connectivity index (χ1n) is 6.63. The predicted octanol–water partition coefficient (Wildman–Crippen LogP) is 2.66. The molecule has 0 spiro atoms. The van der Waals surface area contributed by atoms with Gasteiger partial charge in [-0.2, -0.15) is 0 Å². The Morgan fingerprint density at radius 3 is 2.71 bits per heavy atom. The third-order valence-electron chi connectivity index (χ3n) is 3.19. The van der Waals surface area contributed by atoms with Crippen LogP contribution in [0.5, 0.6) is 0 Å². The van der Waals surface area contributed by atoms with Gasteiger partial charge in [0.2, 0.25) is 0 Å². The lowest BCUT2D eigenvalue weighted by Crippen LogP contribution is -2.18. The summed E-state index contributed by atoms with van der Waals surface area (Å²) in [6.07, 6.45) is 3.56. The van der Waals surface area contributed by atoms with E-state index in [0.29, 0.717) is 12.2 Å². The summed E-state index contributed by atoms with van der Waals surface area (Å²) >= 11 is 0. The standard InChI is InChI=1S/C15H18N4O2/c1-16-15-13(6-3-7-14(15)19(20)21)11-18(2)10-12-5-4-8-17-9-12/h3-9,16H,10-11H2,1-2H3. The molecule has 110 valence electrons. The van der Waals surface area contributed by atoms with Crippen LogP contribution in [0.2, 0.25) is 0 Å². The van der Waals surface area contributed by atoms with Gasteiger partial charge >= 0.3 is 0 Å². The maximum absolute atomic E-state index is 11.1. The lowest BCUT2D eigenvalue weighted by molar-refractivity contribution is -0.384. The molecule has 0 saturated heterocycles. The number of hydrogen-bond acceptors (Lipinski definition) is 5. The van der Waals surface area contributed by atoms with Gasteiger partial charge in [-0.1, -0.05) is 18.2 Å². The molecule has 1 N–H and O–H groups in total. The lowest BCUT2D eigenvalue weighted by atomic mass is 10.1. The number of nitro groups is 1. The van der Waals surface area contributed by atoms with Crippen molar-refractivity contribution in [2.24, 2.45) is 0 Å². The molecule has 1 aromatic heterocycles. The smallest absolute Gasteiger partial charge is 0.292 e. The first kappa shape index (κ1) is 14.9. The lowest BCUT2D eigenvalue weighted by Gasteiger charge is -2.18. The van der Waals surface area contributed by atoms with Gasteiger partial charge in [0.15, 0.2) is 0 Å². The summed E-state index contributed by atoms with van der Waals surface area (Å²) < 4.78 is 0. The third-order valence-corrected chi connectivity index (χ3v) is 3.19. The van der Waals surface area contributed by atoms with Crippen LogP contribution in [0.3, 0.4) is 0 Å². The minimum absolute atomic E-state index is 0.102. The molecule has 21 heavy (non-hydrogen) atoms. The van der Waals surface area contributed by atoms with E-state index in [0.717, 1.165) is 17.7 Å². The highest BCUT2D eigenvalue weighted by Crippen LogP contribution is 2.28. The molecule has 1 aromatic carbocycles. The average Bonchev–Trinajstić information content (AvgIpc) is 2.47. The van der Waals surface area contributed by atoms with Crippen LogP contribution in [0.25, 0.3) is 0 Å². The van der Waals surface area contributed by atoms with Crippen molar-refractivity contribution in [1.29, 1.82) is 0 Å². The van der Waals surface area contributed by atoms with Gasteiger partial charge in [0.05, 0.1) is 4.92 Å². The van der Waals surface area contributed by atoms with Crippen LogP contribution in [-0.4, -0.2) is 28.9 Å². The number of nitrogens with one attached hydrogen (secondary N) is 1. The molecule has 0 radical (unpaired) electrons. The number of rotatable bonds is 6. The van der Waals surface area contributed by atoms with Crippen molar-refractivity contribution in [3.63, 3.8) is 0 Å². The van der Waals surface area contributed by atoms with Gasteiger partial charge in [-0.25, -0.2) is 0 Å². The van der Waals surface area contributed by atoms with Gasteiger partial charge in [0.25, 0.3) is 5.69 Å². The number of para-hydroxylation sites is 1. The van der Waals surface area contributed by atoms with Crippen molar-refractivity contribution in [2.45, 2.75) is 13.1 Å². The Bertz CT molecular complexity index is 616. The molecule has 6 heteroatoms. The fraction of sp³-hybridized carbons (Fsp3) is 0.267. The molecule has 0 atom stereocenters. The molecule has 0 aliphatic heterocycles. The molecular formula is C15H18N4O2. The van der Waals surface area contributed by atoms with Gasteiger partial charge in [-0.3, -0.25) is 20.0 Å². The number of benzene rings is 1. The van der Waals surface area contributed by atoms with E-state index >= 15 is 0 Å². The van der Waals surface area contributed by atoms with E-state index in [1.807, 2.05) is 31.4 Å². The second-order valence-electron chi connectivity index (χ2n) is 4.85. The Morgan fingerprint density at radius 1 is 1.29 bits per heavy atom. The summed E-state index contributed by atoms with van der Waals surface area (Å²) in [5, 5.41) is 14.0. The summed E-state index contributed by atoms with van der Waals surface area (Å²) in [7, 11) is 3.68. The van der Waals surface area contributed by atoms with E-state index in [-0.39, 0.29) is 10.6 Å². The molecular weight excluding hydrogens is 268 g/mol. The van der Waals surface area contributed by atoms with Crippen molar-refractivity contribution in [1.82, 2.24) is 9.88 Å². The minimum Gasteiger partial charge on any atom is -0.382 e. The molecule has 0 amide bonds. The Labute approximate surface area is 123 Å². The zero-order chi connectivity index (χ0) is 15.2. The molecule has 0 saturated carbocycles. The monoisotopic (exact) mass is 286 g/mol. The normalized spacial score (nSPS) is 10.6. The van der Waals surface area contributed by atoms with Crippen LogP contribution < -0.4 is 5.32 Å². The van der Waals surface area contributed by atoms with Crippen molar-refractivity contribution in [2.75, 3.05) is 19.4 Å². The fourth-order valence-electron chi connectivity index (χ4n) is 2.31. The van der Waals surface area contributed by atoms with Gasteiger partial charge in [0.1, 0.15) is 5.69 Å². The highest BCUT2D eigenvalue weighted by molar-refractivity contribution is 5.66. The number of hydrogen-bond donors (Lipinski definition) is 1. The van der Waals surface area contributed by atoms with E-state index in [1.54, 1.807) is 19.3 Å². The molecule has 2 aromatic rings. The van der Waals surface area contributed by atoms with Crippen LogP contribution in [0.1, 0.15) is 11.1 Å². The molecule has 2 rings (SSSR count). The molecule has 6 nitrogen and oxygen atoms in total. The summed E-state index contributed by atoms with van der Waals surface area (Å²) in [5.74, 6) is 0. The minimum atomic E-state index is -0.365. The highest BCUT2D eigenvalue weighted by atomic mass is 16.6. The van der Waals surface area contributed by atoms with E-state index < -0.39 is 0 Å². The number of anilines is 1. The number of aromatic nitrogens is 1. The van der Waals surface area contributed by atoms with E-state index in [9.17, 15) is 10.1 Å². The van der Waals surface area contributed by atoms with Crippen LogP contribution in [-0.2, 0) is 13.1 Å². The molecule has 0 aliphatic rings. The SMILES string of the molecule is CNc1c(CN(C)Cc2cccnc2)cccc1[N+](=O)[O-]. The second kappa shape index (κ2) is 6.81. The fourth-order valence-corrected chi connectivity index (χ4v) is 2.31. The van der Waals surface area contributed by atoms with E-state index in [1.165, 1.54) is 6.07 Å². The second-order valence-corrected chi connectivity index (χ2v) is 4.85. The van der Waals surface area contributed by atoms with Crippen LogP contribution in [0, 0.1) is 10.1 Å². The highest BCUT2D eigenvalue weighted by Gasteiger charge is 2.16. The van der Waals surface area contributed by atoms with E-state index in [2.05, 4.69) is 15.2 Å². The summed E-state index contributed by atoms with van der Waals surface area (Å²) in [4.78, 5) is 16.9. The predicted molar refractivity (Wildman–Crippen MR) is 82.1 cm³/mol. The topological polar surface area (TPSA) is 71.3 Å². The Morgan fingerprint density at radius 2 is 2.10 bits per heavy atom. The first-order valence-corrected chi connectivity index (χ1v) is 6.63. The van der Waals surface area contributed by atoms with Crippen molar-refractivity contribution >= 4 is 11.4 Å². The van der Waals surface area contributed by atoms with Crippen LogP contribution in [0.4, 0.5) is 11.4 Å². The third kappa shape index (κ3) is 3.76. The number of nitrogens with zero attached hydrogens (tertiary/aromatic N) is 3. The number of pyridine rings is 1. The summed E-state index contributed by atoms with van der Waals surface area (Å²) in [6, 6.07) is 9.03.